The van der Waals surface area contributed by atoms with Crippen LogP contribution in [0, 0.1) is 48.5 Å². The fourth-order valence-electron chi connectivity index (χ4n) is 6.17. The van der Waals surface area contributed by atoms with Crippen LogP contribution in [-0.2, 0) is 14.4 Å². The van der Waals surface area contributed by atoms with E-state index in [0.29, 0.717) is 71.4 Å². The normalized spacial score (nSPS) is 10.2. The SMILES string of the molecule is CC.CC.CC.CC.CC.CC.CN(CCO)CC(O)CO.Cc1c(C)c(NC(=O)CO)c(C)c(C(=O)NCCCNC(=O)c2c(C)c(C=O)c(C)c(NC(=O)CO)c2C)c1C.O=CN(CCO)CC(O)CO. The summed E-state index contributed by atoms with van der Waals surface area (Å²) in [5, 5.41) is 80.5. The monoisotopic (exact) mass is 1050 g/mol. The molecule has 20 heteroatoms. The smallest absolute Gasteiger partial charge is 0.251 e. The zero-order valence-electron chi connectivity index (χ0n) is 48.4. The molecule has 0 radical (unpaired) electrons. The number of benzene rings is 2. The molecule has 0 fully saturated rings. The molecule has 2 aromatic carbocycles. The summed E-state index contributed by atoms with van der Waals surface area (Å²) in [5.41, 5.74) is 6.25. The summed E-state index contributed by atoms with van der Waals surface area (Å²) in [6.07, 6.45) is -0.0618. The molecule has 0 saturated heterocycles. The van der Waals surface area contributed by atoms with E-state index in [1.54, 1.807) is 39.6 Å². The number of nitrogens with zero attached hydrogens (tertiary/aromatic N) is 2. The minimum atomic E-state index is -0.924. The standard InChI is InChI=1S/C29H38N4O7.C6H13NO4.C6H15NO3.6C2H6/c1-14-15(2)24(19(6)26(16(14)3)32-22(37)12-35)28(39)30-9-8-10-31-29(40)25-17(4)21(11-34)18(5)27(20(25)7)33-23(38)13-36;8-2-1-7(5-10)3-6(11)4-9;1-7(2-3-8)4-6(10)5-9;6*1-2/h11,35-36H,8-10,12-13H2,1-7H3,(H,30,39)(H,31,40)(H,32,37)(H,33,38);5-6,8-9,11H,1-4H2;6,8-10H,2-5H2,1H3;6*1-2H3. The molecule has 12 N–H and O–H groups in total. The molecular formula is C53H102N6O14. The predicted molar refractivity (Wildman–Crippen MR) is 296 cm³/mol. The average Bonchev–Trinajstić information content (AvgIpc) is 3.41. The number of anilines is 2. The van der Waals surface area contributed by atoms with Gasteiger partial charge >= 0.3 is 0 Å². The van der Waals surface area contributed by atoms with Crippen molar-refractivity contribution in [1.29, 1.82) is 0 Å². The van der Waals surface area contributed by atoms with Gasteiger partial charge in [0.25, 0.3) is 11.8 Å². The number of aliphatic hydroxyl groups is 8. The van der Waals surface area contributed by atoms with Crippen molar-refractivity contribution in [3.8, 4) is 0 Å². The Hall–Kier alpha value is -4.90. The lowest BCUT2D eigenvalue weighted by Gasteiger charge is -2.21. The van der Waals surface area contributed by atoms with Crippen LogP contribution in [-0.4, -0.2) is 185 Å². The highest BCUT2D eigenvalue weighted by molar-refractivity contribution is 6.05. The zero-order chi connectivity index (χ0) is 59.0. The molecule has 0 spiro atoms. The first-order valence-corrected chi connectivity index (χ1v) is 25.5. The van der Waals surface area contributed by atoms with E-state index in [-0.39, 0.29) is 69.6 Å². The van der Waals surface area contributed by atoms with Gasteiger partial charge in [0.05, 0.1) is 38.6 Å². The molecule has 0 saturated carbocycles. The molecule has 0 heterocycles. The quantitative estimate of drug-likeness (QED) is 0.0579. The van der Waals surface area contributed by atoms with Crippen LogP contribution in [0.3, 0.4) is 0 Å². The second-order valence-corrected chi connectivity index (χ2v) is 14.2. The second-order valence-electron chi connectivity index (χ2n) is 14.2. The summed E-state index contributed by atoms with van der Waals surface area (Å²) in [7, 11) is 1.77. The van der Waals surface area contributed by atoms with Gasteiger partial charge < -0.3 is 71.9 Å². The van der Waals surface area contributed by atoms with Crippen molar-refractivity contribution in [1.82, 2.24) is 20.4 Å². The highest BCUT2D eigenvalue weighted by Crippen LogP contribution is 2.32. The van der Waals surface area contributed by atoms with Gasteiger partial charge in [0.2, 0.25) is 18.2 Å². The van der Waals surface area contributed by atoms with Crippen LogP contribution in [0.15, 0.2) is 0 Å². The Morgan fingerprint density at radius 3 is 1.22 bits per heavy atom. The van der Waals surface area contributed by atoms with Gasteiger partial charge in [0.15, 0.2) is 6.29 Å². The molecule has 2 unspecified atom stereocenters. The lowest BCUT2D eigenvalue weighted by molar-refractivity contribution is -0.120. The topological polar surface area (TPSA) is 319 Å². The van der Waals surface area contributed by atoms with Crippen molar-refractivity contribution in [3.63, 3.8) is 0 Å². The highest BCUT2D eigenvalue weighted by atomic mass is 16.3. The van der Waals surface area contributed by atoms with E-state index in [1.807, 2.05) is 104 Å². The van der Waals surface area contributed by atoms with Gasteiger partial charge in [-0.1, -0.05) is 83.1 Å². The van der Waals surface area contributed by atoms with Crippen LogP contribution in [0.1, 0.15) is 160 Å². The van der Waals surface area contributed by atoms with Crippen LogP contribution in [0.25, 0.3) is 0 Å². The number of aldehydes is 1. The Morgan fingerprint density at radius 2 is 0.877 bits per heavy atom. The highest BCUT2D eigenvalue weighted by Gasteiger charge is 2.23. The van der Waals surface area contributed by atoms with E-state index < -0.39 is 43.1 Å². The van der Waals surface area contributed by atoms with Crippen molar-refractivity contribution in [2.45, 2.75) is 150 Å². The third-order valence-electron chi connectivity index (χ3n) is 9.65. The minimum absolute atomic E-state index is 0.0561. The van der Waals surface area contributed by atoms with E-state index in [2.05, 4.69) is 21.3 Å². The first kappa shape index (κ1) is 82.1. The van der Waals surface area contributed by atoms with Gasteiger partial charge in [-0.3, -0.25) is 28.8 Å². The Balaban J connectivity index is -0.000000215. The average molecular weight is 1050 g/mol. The maximum Gasteiger partial charge on any atom is 0.251 e. The molecule has 0 aliphatic heterocycles. The van der Waals surface area contributed by atoms with Gasteiger partial charge in [-0.25, -0.2) is 0 Å². The molecule has 0 aliphatic rings. The summed E-state index contributed by atoms with van der Waals surface area (Å²) < 4.78 is 0. The number of carbonyl (C=O) groups excluding carboxylic acids is 6. The largest absolute Gasteiger partial charge is 0.395 e. The van der Waals surface area contributed by atoms with Crippen LogP contribution in [0.5, 0.6) is 0 Å². The minimum Gasteiger partial charge on any atom is -0.395 e. The van der Waals surface area contributed by atoms with Gasteiger partial charge in [-0.15, -0.1) is 0 Å². The van der Waals surface area contributed by atoms with Gasteiger partial charge in [-0.2, -0.15) is 0 Å². The molecule has 0 aromatic heterocycles. The van der Waals surface area contributed by atoms with Gasteiger partial charge in [-0.05, 0) is 101 Å². The summed E-state index contributed by atoms with van der Waals surface area (Å²) in [6.45, 7) is 35.8. The number of likely N-dealkylation sites (N-methyl/N-ethyl adjacent to an activating group) is 1. The van der Waals surface area contributed by atoms with Crippen molar-refractivity contribution in [2.75, 3.05) is 96.6 Å². The predicted octanol–water partition coefficient (Wildman–Crippen LogP) is 4.28. The number of rotatable bonds is 22. The second kappa shape index (κ2) is 53.4. The molecule has 2 aromatic rings. The number of hydrogen-bond acceptors (Lipinski definition) is 15. The summed E-state index contributed by atoms with van der Waals surface area (Å²) in [5.74, 6) is -1.99. The van der Waals surface area contributed by atoms with Crippen molar-refractivity contribution >= 4 is 47.7 Å². The van der Waals surface area contributed by atoms with Crippen LogP contribution >= 0.6 is 0 Å². The molecular weight excluding hydrogens is 945 g/mol. The number of aliphatic hydroxyl groups excluding tert-OH is 8. The Labute approximate surface area is 439 Å². The maximum absolute atomic E-state index is 13.1. The van der Waals surface area contributed by atoms with E-state index in [1.165, 1.54) is 4.90 Å². The molecule has 73 heavy (non-hydrogen) atoms. The molecule has 0 bridgehead atoms. The number of carbonyl (C=O) groups is 6. The van der Waals surface area contributed by atoms with Gasteiger partial charge in [0, 0.05) is 67.3 Å². The third kappa shape index (κ3) is 32.8. The van der Waals surface area contributed by atoms with E-state index >= 15 is 0 Å². The van der Waals surface area contributed by atoms with Gasteiger partial charge in [0.1, 0.15) is 13.2 Å². The maximum atomic E-state index is 13.1. The van der Waals surface area contributed by atoms with Crippen LogP contribution in [0.4, 0.5) is 11.4 Å². The molecule has 20 nitrogen and oxygen atoms in total. The summed E-state index contributed by atoms with van der Waals surface area (Å²) in [4.78, 5) is 74.6. The number of hydrogen-bond donors (Lipinski definition) is 12. The number of amides is 5. The first-order valence-electron chi connectivity index (χ1n) is 25.5. The Morgan fingerprint density at radius 1 is 0.507 bits per heavy atom. The Kier molecular flexibility index (Phi) is 60.1. The van der Waals surface area contributed by atoms with Crippen molar-refractivity contribution in [3.05, 3.63) is 55.6 Å². The first-order chi connectivity index (χ1) is 34.8. The van der Waals surface area contributed by atoms with Crippen molar-refractivity contribution < 1.29 is 69.6 Å². The fraction of sp³-hybridized carbons (Fsp3) is 0.660. The Bertz CT molecular complexity index is 1780. The summed E-state index contributed by atoms with van der Waals surface area (Å²) >= 11 is 0. The van der Waals surface area contributed by atoms with E-state index in [0.717, 1.165) is 16.7 Å². The molecule has 5 amide bonds. The van der Waals surface area contributed by atoms with E-state index in [9.17, 15) is 28.8 Å². The third-order valence-corrected chi connectivity index (χ3v) is 9.65. The molecule has 2 atom stereocenters. The van der Waals surface area contributed by atoms with Crippen LogP contribution < -0.4 is 21.3 Å². The molecule has 2 rings (SSSR count). The molecule has 428 valence electrons. The lowest BCUT2D eigenvalue weighted by atomic mass is 9.91. The fourth-order valence-corrected chi connectivity index (χ4v) is 6.17. The lowest BCUT2D eigenvalue weighted by Crippen LogP contribution is -2.35. The van der Waals surface area contributed by atoms with Crippen molar-refractivity contribution in [2.24, 2.45) is 0 Å². The number of nitrogens with one attached hydrogen (secondary N) is 4. The summed E-state index contributed by atoms with van der Waals surface area (Å²) in [6, 6.07) is 0. The van der Waals surface area contributed by atoms with E-state index in [4.69, 9.17) is 40.9 Å². The zero-order valence-corrected chi connectivity index (χ0v) is 48.4. The van der Waals surface area contributed by atoms with Crippen LogP contribution in [0.2, 0.25) is 0 Å². The molecule has 0 aliphatic carbocycles.